The lowest BCUT2D eigenvalue weighted by molar-refractivity contribution is 1.07. The summed E-state index contributed by atoms with van der Waals surface area (Å²) in [6.45, 7) is 4.99. The molecule has 0 spiro atoms. The van der Waals surface area contributed by atoms with E-state index in [1.807, 2.05) is 17.0 Å². The van der Waals surface area contributed by atoms with Crippen LogP contribution in [-0.2, 0) is 0 Å². The zero-order valence-electron chi connectivity index (χ0n) is 7.82. The van der Waals surface area contributed by atoms with Gasteiger partial charge >= 0.3 is 0 Å². The first-order chi connectivity index (χ1) is 6.16. The highest BCUT2D eigenvalue weighted by molar-refractivity contribution is 8.11. The van der Waals surface area contributed by atoms with Crippen LogP contribution in [0.1, 0.15) is 12.5 Å². The topological polar surface area (TPSA) is 3.24 Å². The van der Waals surface area contributed by atoms with Crippen LogP contribution in [0.25, 0.3) is 0 Å². The van der Waals surface area contributed by atoms with Crippen molar-refractivity contribution in [1.29, 1.82) is 0 Å². The average molecular weight is 211 g/mol. The summed E-state index contributed by atoms with van der Waals surface area (Å²) in [5, 5.41) is 0. The van der Waals surface area contributed by atoms with Crippen molar-refractivity contribution in [2.45, 2.75) is 13.8 Å². The summed E-state index contributed by atoms with van der Waals surface area (Å²) in [6.07, 6.45) is 0. The Balaban J connectivity index is 3.04. The minimum Gasteiger partial charge on any atom is -0.328 e. The molecule has 13 heavy (non-hydrogen) atoms. The van der Waals surface area contributed by atoms with Gasteiger partial charge in [-0.25, -0.2) is 0 Å². The molecule has 0 fully saturated rings. The fourth-order valence-corrected chi connectivity index (χ4v) is 1.75. The Hall–Kier alpha value is -0.540. The molecular formula is C10H13NS2. The quantitative estimate of drug-likeness (QED) is 0.591. The Bertz CT molecular complexity index is 310. The van der Waals surface area contributed by atoms with Gasteiger partial charge in [0.1, 0.15) is 4.32 Å². The molecule has 0 bridgehead atoms. The first-order valence-electron chi connectivity index (χ1n) is 4.23. The minimum atomic E-state index is 0.622. The first-order valence-corrected chi connectivity index (χ1v) is 5.08. The molecule has 0 aromatic heterocycles. The van der Waals surface area contributed by atoms with E-state index in [1.54, 1.807) is 0 Å². The molecular weight excluding hydrogens is 198 g/mol. The highest BCUT2D eigenvalue weighted by Crippen LogP contribution is 2.20. The van der Waals surface area contributed by atoms with Crippen LogP contribution in [0.5, 0.6) is 0 Å². The Morgan fingerprint density at radius 3 is 2.54 bits per heavy atom. The SMILES string of the molecule is CCN(C(=S)S)c1ccccc1C. The third kappa shape index (κ3) is 2.45. The van der Waals surface area contributed by atoms with E-state index in [2.05, 4.69) is 38.6 Å². The summed E-state index contributed by atoms with van der Waals surface area (Å²) in [5.74, 6) is 0. The number of anilines is 1. The fraction of sp³-hybridized carbons (Fsp3) is 0.300. The van der Waals surface area contributed by atoms with Crippen molar-refractivity contribution in [2.75, 3.05) is 11.4 Å². The van der Waals surface area contributed by atoms with E-state index < -0.39 is 0 Å². The lowest BCUT2D eigenvalue weighted by Crippen LogP contribution is -2.25. The molecule has 0 aliphatic heterocycles. The lowest BCUT2D eigenvalue weighted by atomic mass is 10.2. The van der Waals surface area contributed by atoms with Gasteiger partial charge in [0.15, 0.2) is 0 Å². The van der Waals surface area contributed by atoms with Crippen LogP contribution in [-0.4, -0.2) is 10.9 Å². The molecule has 0 heterocycles. The van der Waals surface area contributed by atoms with Gasteiger partial charge in [0, 0.05) is 12.2 Å². The van der Waals surface area contributed by atoms with Crippen molar-refractivity contribution in [3.05, 3.63) is 29.8 Å². The maximum absolute atomic E-state index is 5.05. The highest BCUT2D eigenvalue weighted by Gasteiger charge is 2.07. The molecule has 0 amide bonds. The van der Waals surface area contributed by atoms with Crippen molar-refractivity contribution in [3.8, 4) is 0 Å². The van der Waals surface area contributed by atoms with Gasteiger partial charge in [0.2, 0.25) is 0 Å². The Kier molecular flexibility index (Phi) is 3.75. The van der Waals surface area contributed by atoms with E-state index in [4.69, 9.17) is 12.2 Å². The molecule has 70 valence electrons. The zero-order chi connectivity index (χ0) is 9.84. The number of para-hydroxylation sites is 1. The summed E-state index contributed by atoms with van der Waals surface area (Å²) < 4.78 is 0.622. The van der Waals surface area contributed by atoms with Crippen molar-refractivity contribution in [1.82, 2.24) is 0 Å². The van der Waals surface area contributed by atoms with Crippen molar-refractivity contribution in [3.63, 3.8) is 0 Å². The van der Waals surface area contributed by atoms with Gasteiger partial charge in [-0.1, -0.05) is 30.4 Å². The van der Waals surface area contributed by atoms with Crippen LogP contribution in [0.15, 0.2) is 24.3 Å². The van der Waals surface area contributed by atoms with Gasteiger partial charge in [-0.15, -0.1) is 12.6 Å². The van der Waals surface area contributed by atoms with E-state index in [0.29, 0.717) is 4.32 Å². The Labute approximate surface area is 90.2 Å². The summed E-state index contributed by atoms with van der Waals surface area (Å²) in [7, 11) is 0. The van der Waals surface area contributed by atoms with Crippen LogP contribution in [0.3, 0.4) is 0 Å². The predicted octanol–water partition coefficient (Wildman–Crippen LogP) is 3.04. The standard InChI is InChI=1S/C10H13NS2/c1-3-11(10(12)13)9-7-5-4-6-8(9)2/h4-7H,3H2,1-2H3,(H,12,13). The Morgan fingerprint density at radius 1 is 1.46 bits per heavy atom. The van der Waals surface area contributed by atoms with Crippen LogP contribution in [0, 0.1) is 6.92 Å². The van der Waals surface area contributed by atoms with Crippen LogP contribution >= 0.6 is 24.8 Å². The maximum Gasteiger partial charge on any atom is 0.137 e. The number of nitrogens with zero attached hydrogens (tertiary/aromatic N) is 1. The number of hydrogen-bond acceptors (Lipinski definition) is 1. The molecule has 0 aliphatic rings. The number of benzene rings is 1. The smallest absolute Gasteiger partial charge is 0.137 e. The first kappa shape index (κ1) is 10.5. The monoisotopic (exact) mass is 211 g/mol. The molecule has 0 aliphatic carbocycles. The summed E-state index contributed by atoms with van der Waals surface area (Å²) in [4.78, 5) is 2.01. The van der Waals surface area contributed by atoms with Crippen LogP contribution in [0.4, 0.5) is 5.69 Å². The van der Waals surface area contributed by atoms with Gasteiger partial charge < -0.3 is 4.90 Å². The number of hydrogen-bond donors (Lipinski definition) is 1. The second-order valence-corrected chi connectivity index (χ2v) is 3.93. The van der Waals surface area contributed by atoms with E-state index in [1.165, 1.54) is 5.56 Å². The molecule has 0 saturated carbocycles. The van der Waals surface area contributed by atoms with Crippen LogP contribution in [0.2, 0.25) is 0 Å². The van der Waals surface area contributed by atoms with Gasteiger partial charge in [0.05, 0.1) is 0 Å². The Morgan fingerprint density at radius 2 is 2.08 bits per heavy atom. The predicted molar refractivity (Wildman–Crippen MR) is 65.8 cm³/mol. The van der Waals surface area contributed by atoms with Crippen molar-refractivity contribution < 1.29 is 0 Å². The number of rotatable bonds is 2. The van der Waals surface area contributed by atoms with E-state index in [-0.39, 0.29) is 0 Å². The average Bonchev–Trinajstić information content (AvgIpc) is 2.09. The molecule has 1 aromatic rings. The zero-order valence-corrected chi connectivity index (χ0v) is 9.53. The fourth-order valence-electron chi connectivity index (χ4n) is 1.27. The number of thiocarbonyl (C=S) groups is 1. The van der Waals surface area contributed by atoms with Gasteiger partial charge in [-0.3, -0.25) is 0 Å². The van der Waals surface area contributed by atoms with Gasteiger partial charge in [-0.05, 0) is 25.5 Å². The van der Waals surface area contributed by atoms with Crippen LogP contribution < -0.4 is 4.90 Å². The molecule has 0 radical (unpaired) electrons. The minimum absolute atomic E-state index is 0.622. The van der Waals surface area contributed by atoms with Gasteiger partial charge in [0.25, 0.3) is 0 Å². The second-order valence-electron chi connectivity index (χ2n) is 2.81. The third-order valence-corrected chi connectivity index (χ3v) is 2.42. The van der Waals surface area contributed by atoms with E-state index in [9.17, 15) is 0 Å². The summed E-state index contributed by atoms with van der Waals surface area (Å²) in [5.41, 5.74) is 2.37. The second kappa shape index (κ2) is 4.63. The highest BCUT2D eigenvalue weighted by atomic mass is 32.1. The normalized spacial score (nSPS) is 9.77. The maximum atomic E-state index is 5.05. The molecule has 0 N–H and O–H groups in total. The molecule has 3 heteroatoms. The van der Waals surface area contributed by atoms with Crippen molar-refractivity contribution >= 4 is 34.9 Å². The van der Waals surface area contributed by atoms with E-state index in [0.717, 1.165) is 12.2 Å². The number of aryl methyl sites for hydroxylation is 1. The molecule has 0 atom stereocenters. The molecule has 1 aromatic carbocycles. The molecule has 1 nitrogen and oxygen atoms in total. The summed E-state index contributed by atoms with van der Waals surface area (Å²) in [6, 6.07) is 8.16. The largest absolute Gasteiger partial charge is 0.328 e. The molecule has 1 rings (SSSR count). The van der Waals surface area contributed by atoms with E-state index >= 15 is 0 Å². The number of thiol groups is 1. The van der Waals surface area contributed by atoms with Crippen molar-refractivity contribution in [2.24, 2.45) is 0 Å². The van der Waals surface area contributed by atoms with Gasteiger partial charge in [-0.2, -0.15) is 0 Å². The third-order valence-electron chi connectivity index (χ3n) is 1.95. The lowest BCUT2D eigenvalue weighted by Gasteiger charge is -2.22. The summed E-state index contributed by atoms with van der Waals surface area (Å²) >= 11 is 9.24. The molecule has 0 saturated heterocycles. The molecule has 0 unspecified atom stereocenters.